The Morgan fingerprint density at radius 2 is 1.84 bits per heavy atom. The van der Waals surface area contributed by atoms with Gasteiger partial charge >= 0.3 is 5.97 Å². The van der Waals surface area contributed by atoms with Crippen LogP contribution in [0.5, 0.6) is 5.75 Å². The zero-order valence-corrected chi connectivity index (χ0v) is 15.7. The average Bonchev–Trinajstić information content (AvgIpc) is 2.64. The van der Waals surface area contributed by atoms with E-state index in [2.05, 4.69) is 32.0 Å². The van der Waals surface area contributed by atoms with Gasteiger partial charge in [0.1, 0.15) is 5.75 Å². The first-order chi connectivity index (χ1) is 12.1. The van der Waals surface area contributed by atoms with Crippen LogP contribution in [0.3, 0.4) is 0 Å². The number of nitrogens with zero attached hydrogens (tertiary/aromatic N) is 1. The minimum atomic E-state index is -0.217. The van der Waals surface area contributed by atoms with E-state index in [1.807, 2.05) is 12.1 Å². The molecule has 0 radical (unpaired) electrons. The summed E-state index contributed by atoms with van der Waals surface area (Å²) in [5.41, 5.74) is 1.08. The van der Waals surface area contributed by atoms with Gasteiger partial charge in [-0.05, 0) is 62.6 Å². The zero-order valence-electron chi connectivity index (χ0n) is 15.7. The minimum Gasteiger partial charge on any atom is -0.426 e. The molecule has 0 N–H and O–H groups in total. The molecule has 0 bridgehead atoms. The summed E-state index contributed by atoms with van der Waals surface area (Å²) in [6, 6.07) is 10.4. The summed E-state index contributed by atoms with van der Waals surface area (Å²) in [6.45, 7) is 4.32. The van der Waals surface area contributed by atoms with Gasteiger partial charge in [0.15, 0.2) is 0 Å². The highest BCUT2D eigenvalue weighted by Gasteiger charge is 2.37. The third-order valence-electron chi connectivity index (χ3n) is 5.45. The lowest BCUT2D eigenvalue weighted by Gasteiger charge is -2.33. The Morgan fingerprint density at radius 1 is 1.16 bits per heavy atom. The van der Waals surface area contributed by atoms with Crippen LogP contribution in [0, 0.1) is 22.7 Å². The van der Waals surface area contributed by atoms with Crippen LogP contribution in [0.25, 0.3) is 0 Å². The van der Waals surface area contributed by atoms with E-state index >= 15 is 0 Å². The monoisotopic (exact) mass is 341 g/mol. The largest absolute Gasteiger partial charge is 0.426 e. The Kier molecular flexibility index (Phi) is 7.50. The van der Waals surface area contributed by atoms with Gasteiger partial charge in [-0.1, -0.05) is 45.2 Å². The van der Waals surface area contributed by atoms with Gasteiger partial charge in [-0.25, -0.2) is 0 Å². The second-order valence-electron chi connectivity index (χ2n) is 7.44. The maximum absolute atomic E-state index is 12.4. The summed E-state index contributed by atoms with van der Waals surface area (Å²) < 4.78 is 5.57. The molecule has 0 amide bonds. The Morgan fingerprint density at radius 3 is 2.40 bits per heavy atom. The summed E-state index contributed by atoms with van der Waals surface area (Å²) in [5, 5.41) is 9.47. The van der Waals surface area contributed by atoms with E-state index in [9.17, 15) is 10.1 Å². The van der Waals surface area contributed by atoms with Crippen molar-refractivity contribution in [2.45, 2.75) is 78.1 Å². The number of aryl methyl sites for hydroxylation is 1. The van der Waals surface area contributed by atoms with Gasteiger partial charge in [0, 0.05) is 0 Å². The van der Waals surface area contributed by atoms with Gasteiger partial charge in [0.05, 0.1) is 17.4 Å². The third-order valence-corrected chi connectivity index (χ3v) is 5.45. The molecule has 136 valence electrons. The maximum atomic E-state index is 12.4. The molecule has 0 aromatic heterocycles. The number of hydrogen-bond donors (Lipinski definition) is 0. The third kappa shape index (κ3) is 5.59. The Labute approximate surface area is 152 Å². The van der Waals surface area contributed by atoms with Crippen molar-refractivity contribution >= 4 is 5.97 Å². The summed E-state index contributed by atoms with van der Waals surface area (Å²) in [7, 11) is 0. The van der Waals surface area contributed by atoms with Crippen LogP contribution < -0.4 is 4.74 Å². The predicted octanol–water partition coefficient (Wildman–Crippen LogP) is 5.82. The number of hydrogen-bond acceptors (Lipinski definition) is 3. The highest BCUT2D eigenvalue weighted by Crippen LogP contribution is 2.42. The molecule has 0 unspecified atom stereocenters. The summed E-state index contributed by atoms with van der Waals surface area (Å²) in [6.07, 6.45) is 9.87. The summed E-state index contributed by atoms with van der Waals surface area (Å²) in [5.74, 6) is 0.430. The molecule has 0 atom stereocenters. The van der Waals surface area contributed by atoms with Crippen molar-refractivity contribution in [1.82, 2.24) is 0 Å². The first kappa shape index (κ1) is 19.5. The van der Waals surface area contributed by atoms with E-state index in [0.717, 1.165) is 44.9 Å². The number of nitriles is 1. The molecule has 0 spiro atoms. The molecule has 2 rings (SSSR count). The second-order valence-corrected chi connectivity index (χ2v) is 7.44. The molecular formula is C22H31NO2. The number of esters is 1. The van der Waals surface area contributed by atoms with Crippen molar-refractivity contribution in [3.8, 4) is 11.8 Å². The van der Waals surface area contributed by atoms with Crippen LogP contribution >= 0.6 is 0 Å². The van der Waals surface area contributed by atoms with Crippen LogP contribution in [-0.4, -0.2) is 5.97 Å². The van der Waals surface area contributed by atoms with Crippen molar-refractivity contribution in [3.63, 3.8) is 0 Å². The molecule has 1 saturated carbocycles. The smallest absolute Gasteiger partial charge is 0.314 e. The number of unbranched alkanes of at least 4 members (excludes halogenated alkanes) is 2. The topological polar surface area (TPSA) is 50.1 Å². The highest BCUT2D eigenvalue weighted by molar-refractivity contribution is 5.75. The highest BCUT2D eigenvalue weighted by atomic mass is 16.5. The average molecular weight is 341 g/mol. The summed E-state index contributed by atoms with van der Waals surface area (Å²) in [4.78, 5) is 12.4. The van der Waals surface area contributed by atoms with E-state index in [1.165, 1.54) is 24.8 Å². The van der Waals surface area contributed by atoms with Crippen molar-refractivity contribution < 1.29 is 9.53 Å². The first-order valence-corrected chi connectivity index (χ1v) is 9.84. The standard InChI is InChI=1S/C22H31NO2/c1-3-5-6-7-18-8-10-20(11-9-18)25-21(24)19-12-15-22(17-23,14-4-2)16-13-19/h8-11,19H,3-7,12-16H2,1-2H3/t19-,22+. The fraction of sp³-hybridized carbons (Fsp3) is 0.636. The molecule has 0 saturated heterocycles. The molecule has 1 aromatic rings. The fourth-order valence-electron chi connectivity index (χ4n) is 3.81. The van der Waals surface area contributed by atoms with Crippen LogP contribution in [0.4, 0.5) is 0 Å². The van der Waals surface area contributed by atoms with Crippen LogP contribution in [0.2, 0.25) is 0 Å². The van der Waals surface area contributed by atoms with Gasteiger partial charge in [-0.3, -0.25) is 4.79 Å². The molecule has 3 nitrogen and oxygen atoms in total. The SMILES string of the molecule is CCCCCc1ccc(OC(=O)[C@H]2CC[C@](C#N)(CCC)CC2)cc1. The second kappa shape index (κ2) is 9.61. The maximum Gasteiger partial charge on any atom is 0.314 e. The van der Waals surface area contributed by atoms with E-state index in [4.69, 9.17) is 4.74 Å². The van der Waals surface area contributed by atoms with Crippen molar-refractivity contribution in [3.05, 3.63) is 29.8 Å². The van der Waals surface area contributed by atoms with Gasteiger partial charge in [-0.2, -0.15) is 5.26 Å². The lowest BCUT2D eigenvalue weighted by atomic mass is 9.69. The molecular weight excluding hydrogens is 310 g/mol. The fourth-order valence-corrected chi connectivity index (χ4v) is 3.81. The van der Waals surface area contributed by atoms with Gasteiger partial charge in [0.25, 0.3) is 0 Å². The normalized spacial score (nSPS) is 23.0. The Bertz CT molecular complexity index is 577. The van der Waals surface area contributed by atoms with Gasteiger partial charge in [0.2, 0.25) is 0 Å². The van der Waals surface area contributed by atoms with Crippen molar-refractivity contribution in [1.29, 1.82) is 5.26 Å². The summed E-state index contributed by atoms with van der Waals surface area (Å²) >= 11 is 0. The van der Waals surface area contributed by atoms with Gasteiger partial charge in [-0.15, -0.1) is 0 Å². The molecule has 0 aliphatic heterocycles. The molecule has 25 heavy (non-hydrogen) atoms. The lowest BCUT2D eigenvalue weighted by molar-refractivity contribution is -0.140. The number of benzene rings is 1. The van der Waals surface area contributed by atoms with Gasteiger partial charge < -0.3 is 4.74 Å². The number of carbonyl (C=O) groups excluding carboxylic acids is 1. The van der Waals surface area contributed by atoms with E-state index in [1.54, 1.807) is 0 Å². The predicted molar refractivity (Wildman–Crippen MR) is 100 cm³/mol. The lowest BCUT2D eigenvalue weighted by Crippen LogP contribution is -2.31. The molecule has 3 heteroatoms. The van der Waals surface area contributed by atoms with Crippen LogP contribution in [0.1, 0.15) is 77.2 Å². The van der Waals surface area contributed by atoms with E-state index in [0.29, 0.717) is 5.75 Å². The van der Waals surface area contributed by atoms with Crippen molar-refractivity contribution in [2.75, 3.05) is 0 Å². The Balaban J connectivity index is 1.83. The molecule has 0 heterocycles. The molecule has 1 aliphatic rings. The zero-order chi connectivity index (χ0) is 18.1. The van der Waals surface area contributed by atoms with E-state index in [-0.39, 0.29) is 17.3 Å². The molecule has 1 fully saturated rings. The quantitative estimate of drug-likeness (QED) is 0.340. The van der Waals surface area contributed by atoms with Crippen molar-refractivity contribution in [2.24, 2.45) is 11.3 Å². The number of rotatable bonds is 8. The number of carbonyl (C=O) groups is 1. The minimum absolute atomic E-state index is 0.0671. The van der Waals surface area contributed by atoms with E-state index < -0.39 is 0 Å². The Hall–Kier alpha value is -1.82. The number of ether oxygens (including phenoxy) is 1. The van der Waals surface area contributed by atoms with Crippen LogP contribution in [-0.2, 0) is 11.2 Å². The first-order valence-electron chi connectivity index (χ1n) is 9.84. The molecule has 1 aliphatic carbocycles. The van der Waals surface area contributed by atoms with Crippen LogP contribution in [0.15, 0.2) is 24.3 Å². The molecule has 1 aromatic carbocycles.